The van der Waals surface area contributed by atoms with E-state index >= 15 is 0 Å². The number of nitrogens with zero attached hydrogens (tertiary/aromatic N) is 1. The molecular formula is C66H43N. The van der Waals surface area contributed by atoms with Crippen molar-refractivity contribution < 1.29 is 0 Å². The molecule has 0 unspecified atom stereocenters. The molecule has 0 aromatic heterocycles. The Morgan fingerprint density at radius 3 is 1.06 bits per heavy atom. The van der Waals surface area contributed by atoms with Gasteiger partial charge in [0.1, 0.15) is 0 Å². The second-order valence-electron chi connectivity index (χ2n) is 17.5. The lowest BCUT2D eigenvalue weighted by Crippen LogP contribution is -2.09. The van der Waals surface area contributed by atoms with Gasteiger partial charge in [-0.3, -0.25) is 0 Å². The number of rotatable bonds is 7. The van der Waals surface area contributed by atoms with E-state index in [1.54, 1.807) is 0 Å². The number of benzene rings is 13. The Morgan fingerprint density at radius 2 is 0.537 bits per heavy atom. The maximum absolute atomic E-state index is 2.54. The lowest BCUT2D eigenvalue weighted by molar-refractivity contribution is 1.28. The molecule has 0 fully saturated rings. The van der Waals surface area contributed by atoms with Crippen molar-refractivity contribution in [3.05, 3.63) is 261 Å². The maximum atomic E-state index is 2.54. The fourth-order valence-corrected chi connectivity index (χ4v) is 10.9. The molecule has 0 saturated heterocycles. The summed E-state index contributed by atoms with van der Waals surface area (Å²) in [5, 5.41) is 14.9. The van der Waals surface area contributed by atoms with E-state index in [9.17, 15) is 0 Å². The number of hydrogen-bond donors (Lipinski definition) is 0. The molecule has 0 amide bonds. The first-order valence-electron chi connectivity index (χ1n) is 23.2. The van der Waals surface area contributed by atoms with Gasteiger partial charge in [0.05, 0.1) is 0 Å². The molecule has 0 bridgehead atoms. The molecule has 13 aromatic carbocycles. The first kappa shape index (κ1) is 38.7. The van der Waals surface area contributed by atoms with Gasteiger partial charge in [0.2, 0.25) is 0 Å². The lowest BCUT2D eigenvalue weighted by Gasteiger charge is -2.26. The van der Waals surface area contributed by atoms with Gasteiger partial charge in [-0.25, -0.2) is 0 Å². The van der Waals surface area contributed by atoms with Gasteiger partial charge in [0.15, 0.2) is 0 Å². The van der Waals surface area contributed by atoms with E-state index in [4.69, 9.17) is 0 Å². The van der Waals surface area contributed by atoms with Crippen molar-refractivity contribution in [3.8, 4) is 44.5 Å². The van der Waals surface area contributed by atoms with Gasteiger partial charge in [0, 0.05) is 17.1 Å². The highest BCUT2D eigenvalue weighted by molar-refractivity contribution is 6.31. The Hall–Kier alpha value is -8.78. The zero-order valence-electron chi connectivity index (χ0n) is 36.8. The van der Waals surface area contributed by atoms with Crippen LogP contribution in [0.4, 0.5) is 17.1 Å². The third-order valence-electron chi connectivity index (χ3n) is 13.8. The van der Waals surface area contributed by atoms with Crippen LogP contribution in [0.1, 0.15) is 0 Å². The van der Waals surface area contributed by atoms with Crippen LogP contribution in [0, 0.1) is 0 Å². The Morgan fingerprint density at radius 1 is 0.194 bits per heavy atom. The SMILES string of the molecule is c1ccc(-c2c(-c3ccc(N(c4ccccc4)c4ccccc4)cc3)c3ccccc3c3cc4c(-c5cccc6ccccc56)c5ccccc5c(-c5cccc6ccccc56)c4cc23)cc1. The van der Waals surface area contributed by atoms with Gasteiger partial charge in [-0.1, -0.05) is 212 Å². The smallest absolute Gasteiger partial charge is 0.0462 e. The second kappa shape index (κ2) is 16.0. The Labute approximate surface area is 390 Å². The molecule has 0 atom stereocenters. The van der Waals surface area contributed by atoms with E-state index in [0.717, 1.165) is 17.1 Å². The van der Waals surface area contributed by atoms with Crippen LogP contribution in [0.5, 0.6) is 0 Å². The van der Waals surface area contributed by atoms with Crippen molar-refractivity contribution in [2.75, 3.05) is 4.90 Å². The third-order valence-corrected chi connectivity index (χ3v) is 13.8. The minimum atomic E-state index is 1.10. The topological polar surface area (TPSA) is 3.24 Å². The summed E-state index contributed by atoms with van der Waals surface area (Å²) in [6, 6.07) is 96.0. The largest absolute Gasteiger partial charge is 0.311 e. The van der Waals surface area contributed by atoms with Crippen LogP contribution in [0.3, 0.4) is 0 Å². The van der Waals surface area contributed by atoms with Crippen LogP contribution in [0.2, 0.25) is 0 Å². The summed E-state index contributed by atoms with van der Waals surface area (Å²) >= 11 is 0. The Balaban J connectivity index is 1.17. The molecule has 1 nitrogen and oxygen atoms in total. The van der Waals surface area contributed by atoms with Crippen molar-refractivity contribution in [1.82, 2.24) is 0 Å². The van der Waals surface area contributed by atoms with Crippen molar-refractivity contribution in [3.63, 3.8) is 0 Å². The van der Waals surface area contributed by atoms with Crippen molar-refractivity contribution in [2.45, 2.75) is 0 Å². The molecule has 0 heterocycles. The highest BCUT2D eigenvalue weighted by Crippen LogP contribution is 2.51. The van der Waals surface area contributed by atoms with E-state index in [1.165, 1.54) is 109 Å². The average molecular weight is 850 g/mol. The minimum absolute atomic E-state index is 1.10. The van der Waals surface area contributed by atoms with E-state index in [1.807, 2.05) is 0 Å². The molecule has 0 saturated carbocycles. The Kier molecular flexibility index (Phi) is 9.25. The first-order chi connectivity index (χ1) is 33.3. The molecule has 0 aliphatic carbocycles. The molecule has 0 N–H and O–H groups in total. The van der Waals surface area contributed by atoms with Gasteiger partial charge in [-0.05, 0) is 158 Å². The van der Waals surface area contributed by atoms with Crippen molar-refractivity contribution in [2.24, 2.45) is 0 Å². The molecule has 13 rings (SSSR count). The van der Waals surface area contributed by atoms with E-state index in [0.29, 0.717) is 0 Å². The highest BCUT2D eigenvalue weighted by Gasteiger charge is 2.24. The molecule has 0 aliphatic rings. The second-order valence-corrected chi connectivity index (χ2v) is 17.5. The summed E-state index contributed by atoms with van der Waals surface area (Å²) in [6.45, 7) is 0. The lowest BCUT2D eigenvalue weighted by atomic mass is 9.80. The minimum Gasteiger partial charge on any atom is -0.311 e. The summed E-state index contributed by atoms with van der Waals surface area (Å²) in [4.78, 5) is 2.33. The van der Waals surface area contributed by atoms with Crippen LogP contribution < -0.4 is 4.90 Å². The predicted molar refractivity (Wildman–Crippen MR) is 288 cm³/mol. The average Bonchev–Trinajstić information content (AvgIpc) is 3.40. The van der Waals surface area contributed by atoms with Crippen LogP contribution >= 0.6 is 0 Å². The molecule has 13 aromatic rings. The molecule has 0 spiro atoms. The first-order valence-corrected chi connectivity index (χ1v) is 23.2. The predicted octanol–water partition coefficient (Wildman–Crippen LogP) is 18.7. The molecule has 312 valence electrons. The number of para-hydroxylation sites is 2. The standard InChI is InChI=1S/C66H43N/c1-4-22-46(23-5-1)64-60-43-62-61(42-59(60)53-32-14-15-33-56(53)63(64)47-38-40-50(41-39-47)67(48-26-6-2-7-27-48)49-28-8-3-9-29-49)65(54-36-18-24-44-20-10-12-30-51(44)54)57-34-16-17-35-58(57)66(62)55-37-19-25-45-21-11-13-31-52(45)55/h1-43H. The van der Waals surface area contributed by atoms with Gasteiger partial charge >= 0.3 is 0 Å². The zero-order chi connectivity index (χ0) is 44.3. The molecule has 1 heteroatoms. The number of hydrogen-bond acceptors (Lipinski definition) is 1. The van der Waals surface area contributed by atoms with Crippen LogP contribution in [-0.2, 0) is 0 Å². The molecule has 67 heavy (non-hydrogen) atoms. The third kappa shape index (κ3) is 6.39. The normalized spacial score (nSPS) is 11.6. The summed E-state index contributed by atoms with van der Waals surface area (Å²) in [5.74, 6) is 0. The van der Waals surface area contributed by atoms with Gasteiger partial charge in [-0.2, -0.15) is 0 Å². The van der Waals surface area contributed by atoms with E-state index in [-0.39, 0.29) is 0 Å². The summed E-state index contributed by atoms with van der Waals surface area (Å²) in [6.07, 6.45) is 0. The van der Waals surface area contributed by atoms with Crippen molar-refractivity contribution in [1.29, 1.82) is 0 Å². The molecular weight excluding hydrogens is 807 g/mol. The van der Waals surface area contributed by atoms with E-state index in [2.05, 4.69) is 266 Å². The number of fused-ring (bicyclic) bond motifs is 7. The molecule has 0 aliphatic heterocycles. The van der Waals surface area contributed by atoms with Gasteiger partial charge in [0.25, 0.3) is 0 Å². The fourth-order valence-electron chi connectivity index (χ4n) is 10.9. The van der Waals surface area contributed by atoms with Crippen molar-refractivity contribution >= 4 is 81.7 Å². The Bertz CT molecular complexity index is 3960. The zero-order valence-corrected chi connectivity index (χ0v) is 36.8. The van der Waals surface area contributed by atoms with E-state index < -0.39 is 0 Å². The van der Waals surface area contributed by atoms with Crippen LogP contribution in [0.25, 0.3) is 109 Å². The monoisotopic (exact) mass is 849 g/mol. The fraction of sp³-hybridized carbons (Fsp3) is 0. The van der Waals surface area contributed by atoms with Gasteiger partial charge < -0.3 is 4.90 Å². The summed E-state index contributed by atoms with van der Waals surface area (Å²) in [5.41, 5.74) is 13.2. The van der Waals surface area contributed by atoms with Crippen LogP contribution in [0.15, 0.2) is 261 Å². The van der Waals surface area contributed by atoms with Crippen LogP contribution in [-0.4, -0.2) is 0 Å². The van der Waals surface area contributed by atoms with Gasteiger partial charge in [-0.15, -0.1) is 0 Å². The quantitative estimate of drug-likeness (QED) is 0.114. The summed E-state index contributed by atoms with van der Waals surface area (Å²) < 4.78 is 0. The molecule has 0 radical (unpaired) electrons. The maximum Gasteiger partial charge on any atom is 0.0462 e. The highest BCUT2D eigenvalue weighted by atomic mass is 15.1. The number of anilines is 3. The summed E-state index contributed by atoms with van der Waals surface area (Å²) in [7, 11) is 0.